The number of anilines is 1. The standard InChI is InChI=1S/C30H41N3O6S/c1-22-18-26(23(2)33(22)20-24-10-9-17-38-24)29(34)21-39-30(35)27-19-25(40(36,37)32-15-7-4-8-16-32)11-12-28(27)31-13-5-3-6-14-31/h11-12,18-19,24H,3-10,13-17,20-21H2,1-2H3/t24-/m1/s1. The normalized spacial score (nSPS) is 20.6. The van der Waals surface area contributed by atoms with Gasteiger partial charge in [0.15, 0.2) is 6.61 Å². The number of aryl methyl sites for hydroxylation is 1. The molecular weight excluding hydrogens is 530 g/mol. The molecule has 0 spiro atoms. The van der Waals surface area contributed by atoms with Gasteiger partial charge in [-0.25, -0.2) is 13.2 Å². The number of hydrogen-bond acceptors (Lipinski definition) is 7. The average Bonchev–Trinajstić information content (AvgIpc) is 3.60. The molecule has 3 fully saturated rings. The van der Waals surface area contributed by atoms with E-state index < -0.39 is 22.6 Å². The molecule has 0 unspecified atom stereocenters. The molecule has 1 atom stereocenters. The Kier molecular flexibility index (Phi) is 8.97. The zero-order valence-electron chi connectivity index (χ0n) is 23.7. The molecule has 10 heteroatoms. The van der Waals surface area contributed by atoms with Crippen molar-refractivity contribution in [3.8, 4) is 0 Å². The molecule has 1 aromatic heterocycles. The third-order valence-corrected chi connectivity index (χ3v) is 10.4. The van der Waals surface area contributed by atoms with Crippen LogP contribution in [0.15, 0.2) is 29.2 Å². The lowest BCUT2D eigenvalue weighted by molar-refractivity contribution is 0.0474. The SMILES string of the molecule is Cc1cc(C(=O)COC(=O)c2cc(S(=O)(=O)N3CCCCC3)ccc2N2CCCCC2)c(C)n1C[C@H]1CCCO1. The molecule has 3 aliphatic rings. The van der Waals surface area contributed by atoms with Crippen LogP contribution < -0.4 is 4.90 Å². The van der Waals surface area contributed by atoms with Crippen LogP contribution in [0.5, 0.6) is 0 Å². The second-order valence-electron chi connectivity index (χ2n) is 11.2. The molecule has 3 aliphatic heterocycles. The number of carbonyl (C=O) groups excluding carboxylic acids is 2. The number of hydrogen-bond donors (Lipinski definition) is 0. The number of nitrogens with zero attached hydrogens (tertiary/aromatic N) is 3. The molecule has 4 heterocycles. The summed E-state index contributed by atoms with van der Waals surface area (Å²) in [5, 5.41) is 0. The third kappa shape index (κ3) is 6.14. The molecule has 0 N–H and O–H groups in total. The van der Waals surface area contributed by atoms with Crippen molar-refractivity contribution in [2.24, 2.45) is 0 Å². The van der Waals surface area contributed by atoms with E-state index in [2.05, 4.69) is 9.47 Å². The van der Waals surface area contributed by atoms with Gasteiger partial charge in [0, 0.05) is 56.3 Å². The van der Waals surface area contributed by atoms with Gasteiger partial charge in [-0.3, -0.25) is 4.79 Å². The molecule has 218 valence electrons. The van der Waals surface area contributed by atoms with E-state index in [9.17, 15) is 18.0 Å². The predicted octanol–water partition coefficient (Wildman–Crippen LogP) is 4.49. The molecule has 0 aliphatic carbocycles. The Morgan fingerprint density at radius 1 is 0.925 bits per heavy atom. The summed E-state index contributed by atoms with van der Waals surface area (Å²) < 4.78 is 41.7. The van der Waals surface area contributed by atoms with Gasteiger partial charge in [0.2, 0.25) is 15.8 Å². The number of benzene rings is 1. The van der Waals surface area contributed by atoms with Crippen molar-refractivity contribution in [1.29, 1.82) is 0 Å². The summed E-state index contributed by atoms with van der Waals surface area (Å²) in [5.74, 6) is -0.963. The molecule has 0 saturated carbocycles. The highest BCUT2D eigenvalue weighted by Crippen LogP contribution is 2.30. The fourth-order valence-corrected chi connectivity index (χ4v) is 7.69. The van der Waals surface area contributed by atoms with Crippen LogP contribution in [0.25, 0.3) is 0 Å². The molecule has 0 radical (unpaired) electrons. The number of carbonyl (C=O) groups is 2. The van der Waals surface area contributed by atoms with Crippen molar-refractivity contribution < 1.29 is 27.5 Å². The number of esters is 1. The summed E-state index contributed by atoms with van der Waals surface area (Å²) in [6.07, 6.45) is 8.00. The molecule has 5 rings (SSSR count). The Labute approximate surface area is 237 Å². The molecule has 0 amide bonds. The minimum atomic E-state index is -3.73. The Hall–Kier alpha value is -2.69. The quantitative estimate of drug-likeness (QED) is 0.323. The van der Waals surface area contributed by atoms with Crippen molar-refractivity contribution in [2.45, 2.75) is 82.8 Å². The topological polar surface area (TPSA) is 98.1 Å². The minimum absolute atomic E-state index is 0.0890. The monoisotopic (exact) mass is 571 g/mol. The van der Waals surface area contributed by atoms with Crippen molar-refractivity contribution in [3.63, 3.8) is 0 Å². The Balaban J connectivity index is 1.35. The number of aromatic nitrogens is 1. The molecule has 0 bridgehead atoms. The van der Waals surface area contributed by atoms with Crippen LogP contribution in [0.4, 0.5) is 5.69 Å². The summed E-state index contributed by atoms with van der Waals surface area (Å²) >= 11 is 0. The summed E-state index contributed by atoms with van der Waals surface area (Å²) in [6, 6.07) is 6.59. The second kappa shape index (κ2) is 12.4. The molecule has 40 heavy (non-hydrogen) atoms. The molecular formula is C30H41N3O6S. The van der Waals surface area contributed by atoms with Crippen molar-refractivity contribution in [1.82, 2.24) is 8.87 Å². The lowest BCUT2D eigenvalue weighted by Gasteiger charge is -2.31. The fraction of sp³-hybridized carbons (Fsp3) is 0.600. The van der Waals surface area contributed by atoms with Crippen LogP contribution >= 0.6 is 0 Å². The highest BCUT2D eigenvalue weighted by Gasteiger charge is 2.29. The van der Waals surface area contributed by atoms with E-state index in [1.807, 2.05) is 19.9 Å². The van der Waals surface area contributed by atoms with Crippen molar-refractivity contribution in [3.05, 3.63) is 46.8 Å². The Morgan fingerprint density at radius 3 is 2.30 bits per heavy atom. The van der Waals surface area contributed by atoms with Gasteiger partial charge in [-0.15, -0.1) is 0 Å². The van der Waals surface area contributed by atoms with E-state index in [4.69, 9.17) is 9.47 Å². The first kappa shape index (κ1) is 28.8. The predicted molar refractivity (Wildman–Crippen MR) is 153 cm³/mol. The summed E-state index contributed by atoms with van der Waals surface area (Å²) in [4.78, 5) is 28.8. The van der Waals surface area contributed by atoms with Crippen LogP contribution in [-0.4, -0.2) is 74.5 Å². The second-order valence-corrected chi connectivity index (χ2v) is 13.2. The molecule has 3 saturated heterocycles. The number of piperidine rings is 2. The third-order valence-electron chi connectivity index (χ3n) is 8.46. The lowest BCUT2D eigenvalue weighted by atomic mass is 10.1. The summed E-state index contributed by atoms with van der Waals surface area (Å²) in [5.41, 5.74) is 3.17. The zero-order valence-corrected chi connectivity index (χ0v) is 24.5. The van der Waals surface area contributed by atoms with Gasteiger partial charge in [0.1, 0.15) is 0 Å². The molecule has 9 nitrogen and oxygen atoms in total. The van der Waals surface area contributed by atoms with E-state index in [-0.39, 0.29) is 22.3 Å². The van der Waals surface area contributed by atoms with Crippen LogP contribution in [-0.2, 0) is 26.0 Å². The highest BCUT2D eigenvalue weighted by molar-refractivity contribution is 7.89. The van der Waals surface area contributed by atoms with Gasteiger partial charge in [-0.05, 0) is 83.1 Å². The van der Waals surface area contributed by atoms with E-state index in [1.54, 1.807) is 12.1 Å². The van der Waals surface area contributed by atoms with Crippen LogP contribution in [0, 0.1) is 13.8 Å². The maximum absolute atomic E-state index is 13.5. The van der Waals surface area contributed by atoms with E-state index in [1.165, 1.54) is 10.4 Å². The number of sulfonamides is 1. The Morgan fingerprint density at radius 2 is 1.62 bits per heavy atom. The van der Waals surface area contributed by atoms with E-state index in [0.29, 0.717) is 30.9 Å². The smallest absolute Gasteiger partial charge is 0.340 e. The first-order chi connectivity index (χ1) is 19.3. The largest absolute Gasteiger partial charge is 0.454 e. The average molecular weight is 572 g/mol. The van der Waals surface area contributed by atoms with Crippen LogP contribution in [0.3, 0.4) is 0 Å². The van der Waals surface area contributed by atoms with Gasteiger partial charge in [0.05, 0.1) is 22.3 Å². The number of Topliss-reactive ketones (excluding diaryl/α,β-unsaturated/α-hetero) is 1. The maximum atomic E-state index is 13.5. The molecule has 1 aromatic carbocycles. The van der Waals surface area contributed by atoms with Crippen molar-refractivity contribution in [2.75, 3.05) is 44.3 Å². The fourth-order valence-electron chi connectivity index (χ4n) is 6.15. The minimum Gasteiger partial charge on any atom is -0.454 e. The van der Waals surface area contributed by atoms with Gasteiger partial charge in [-0.1, -0.05) is 6.42 Å². The van der Waals surface area contributed by atoms with Gasteiger partial charge < -0.3 is 18.9 Å². The van der Waals surface area contributed by atoms with Gasteiger partial charge >= 0.3 is 5.97 Å². The van der Waals surface area contributed by atoms with Crippen molar-refractivity contribution >= 4 is 27.5 Å². The Bertz CT molecular complexity index is 1330. The zero-order chi connectivity index (χ0) is 28.3. The first-order valence-corrected chi connectivity index (χ1v) is 16.1. The lowest BCUT2D eigenvalue weighted by Crippen LogP contribution is -2.36. The number of ether oxygens (including phenoxy) is 2. The summed E-state index contributed by atoms with van der Waals surface area (Å²) in [7, 11) is -3.73. The van der Waals surface area contributed by atoms with Crippen LogP contribution in [0.1, 0.15) is 83.5 Å². The van der Waals surface area contributed by atoms with E-state index in [0.717, 1.165) is 82.5 Å². The van der Waals surface area contributed by atoms with E-state index >= 15 is 0 Å². The maximum Gasteiger partial charge on any atom is 0.340 e. The first-order valence-electron chi connectivity index (χ1n) is 14.6. The van der Waals surface area contributed by atoms with Gasteiger partial charge in [-0.2, -0.15) is 4.31 Å². The molecule has 2 aromatic rings. The van der Waals surface area contributed by atoms with Gasteiger partial charge in [0.25, 0.3) is 0 Å². The number of rotatable bonds is 9. The van der Waals surface area contributed by atoms with Crippen LogP contribution in [0.2, 0.25) is 0 Å². The summed E-state index contributed by atoms with van der Waals surface area (Å²) in [6.45, 7) is 7.46. The number of ketones is 1. The highest BCUT2D eigenvalue weighted by atomic mass is 32.2.